The number of quaternary nitrogens is 1. The first-order chi connectivity index (χ1) is 14.9. The summed E-state index contributed by atoms with van der Waals surface area (Å²) < 4.78 is 3.62. The van der Waals surface area contributed by atoms with Crippen LogP contribution in [0.15, 0.2) is 66.9 Å². The van der Waals surface area contributed by atoms with Gasteiger partial charge >= 0.3 is 5.69 Å². The zero-order valence-corrected chi connectivity index (χ0v) is 17.8. The molecule has 1 N–H and O–H groups in total. The van der Waals surface area contributed by atoms with Gasteiger partial charge in [-0.1, -0.05) is 48.5 Å². The van der Waals surface area contributed by atoms with Gasteiger partial charge in [-0.15, -0.1) is 0 Å². The van der Waals surface area contributed by atoms with Crippen molar-refractivity contribution in [3.8, 4) is 16.9 Å². The van der Waals surface area contributed by atoms with Crippen molar-refractivity contribution in [3.63, 3.8) is 0 Å². The molecule has 31 heavy (non-hydrogen) atoms. The van der Waals surface area contributed by atoms with Gasteiger partial charge in [-0.2, -0.15) is 10.2 Å². The van der Waals surface area contributed by atoms with E-state index in [2.05, 4.69) is 30.5 Å². The van der Waals surface area contributed by atoms with Gasteiger partial charge in [-0.25, -0.2) is 9.36 Å². The van der Waals surface area contributed by atoms with Crippen LogP contribution in [0.5, 0.6) is 0 Å². The molecule has 0 bridgehead atoms. The van der Waals surface area contributed by atoms with Crippen LogP contribution in [0.2, 0.25) is 0 Å². The molecule has 8 nitrogen and oxygen atoms in total. The Kier molecular flexibility index (Phi) is 5.64. The first-order valence-corrected chi connectivity index (χ1v) is 10.1. The second kappa shape index (κ2) is 8.53. The molecule has 0 aliphatic heterocycles. The highest BCUT2D eigenvalue weighted by molar-refractivity contribution is 5.63. The van der Waals surface area contributed by atoms with E-state index in [1.807, 2.05) is 53.2 Å². The van der Waals surface area contributed by atoms with Gasteiger partial charge in [0, 0.05) is 11.8 Å². The highest BCUT2D eigenvalue weighted by atomic mass is 16.6. The Hall–Kier alpha value is -3.78. The topological polar surface area (TPSA) is 83.2 Å². The van der Waals surface area contributed by atoms with E-state index >= 15 is 0 Å². The van der Waals surface area contributed by atoms with Gasteiger partial charge in [0.25, 0.3) is 0 Å². The smallest absolute Gasteiger partial charge is 0.312 e. The standard InChI is InChI=1S/C23H24N6O2/c1-17-23(29(30)31)18(2)28(24-17)16-26(3)14-20-15-27(21-12-8-5-9-13-21)25-22(20)19-10-6-4-7-11-19/h4-13,15H,14,16H2,1-3H3/p+1. The van der Waals surface area contributed by atoms with Crippen LogP contribution < -0.4 is 4.90 Å². The van der Waals surface area contributed by atoms with Crippen molar-refractivity contribution in [2.24, 2.45) is 0 Å². The number of aromatic nitrogens is 4. The van der Waals surface area contributed by atoms with Crippen molar-refractivity contribution in [2.75, 3.05) is 7.05 Å². The lowest BCUT2D eigenvalue weighted by Crippen LogP contribution is -3.07. The number of nitro groups is 1. The lowest BCUT2D eigenvalue weighted by molar-refractivity contribution is -0.917. The van der Waals surface area contributed by atoms with E-state index in [0.29, 0.717) is 24.6 Å². The molecule has 0 aliphatic carbocycles. The van der Waals surface area contributed by atoms with Crippen molar-refractivity contribution < 1.29 is 9.82 Å². The van der Waals surface area contributed by atoms with Crippen LogP contribution in [-0.2, 0) is 13.2 Å². The lowest BCUT2D eigenvalue weighted by Gasteiger charge is -2.14. The summed E-state index contributed by atoms with van der Waals surface area (Å²) >= 11 is 0. The molecule has 0 saturated heterocycles. The fourth-order valence-electron chi connectivity index (χ4n) is 3.83. The molecule has 4 rings (SSSR count). The highest BCUT2D eigenvalue weighted by Gasteiger charge is 2.24. The predicted octanol–water partition coefficient (Wildman–Crippen LogP) is 2.93. The molecule has 4 aromatic rings. The predicted molar refractivity (Wildman–Crippen MR) is 118 cm³/mol. The van der Waals surface area contributed by atoms with Crippen molar-refractivity contribution in [2.45, 2.75) is 27.1 Å². The van der Waals surface area contributed by atoms with Crippen molar-refractivity contribution >= 4 is 5.69 Å². The average Bonchev–Trinajstić information content (AvgIpc) is 3.29. The summed E-state index contributed by atoms with van der Waals surface area (Å²) in [5.41, 5.74) is 5.20. The summed E-state index contributed by atoms with van der Waals surface area (Å²) in [6.07, 6.45) is 2.06. The van der Waals surface area contributed by atoms with Crippen LogP contribution in [0, 0.1) is 24.0 Å². The lowest BCUT2D eigenvalue weighted by atomic mass is 10.1. The number of para-hydroxylation sites is 1. The summed E-state index contributed by atoms with van der Waals surface area (Å²) in [5, 5.41) is 20.5. The summed E-state index contributed by atoms with van der Waals surface area (Å²) in [7, 11) is 2.05. The Morgan fingerprint density at radius 3 is 2.26 bits per heavy atom. The Labute approximate surface area is 180 Å². The fraction of sp³-hybridized carbons (Fsp3) is 0.217. The molecule has 0 radical (unpaired) electrons. The minimum Gasteiger partial charge on any atom is -0.315 e. The Bertz CT molecular complexity index is 1200. The van der Waals surface area contributed by atoms with Gasteiger partial charge in [0.1, 0.15) is 23.6 Å². The second-order valence-electron chi connectivity index (χ2n) is 7.72. The minimum atomic E-state index is -0.360. The molecule has 2 aromatic carbocycles. The zero-order valence-electron chi connectivity index (χ0n) is 17.8. The largest absolute Gasteiger partial charge is 0.315 e. The maximum Gasteiger partial charge on any atom is 0.312 e. The number of benzene rings is 2. The molecule has 0 spiro atoms. The van der Waals surface area contributed by atoms with Gasteiger partial charge in [0.05, 0.1) is 23.2 Å². The molecule has 0 fully saturated rings. The third kappa shape index (κ3) is 4.24. The fourth-order valence-corrected chi connectivity index (χ4v) is 3.83. The van der Waals surface area contributed by atoms with Gasteiger partial charge in [0.15, 0.2) is 6.67 Å². The van der Waals surface area contributed by atoms with Crippen LogP contribution in [-0.4, -0.2) is 31.5 Å². The number of hydrogen-bond donors (Lipinski definition) is 1. The number of nitrogens with zero attached hydrogens (tertiary/aromatic N) is 5. The number of aryl methyl sites for hydroxylation is 1. The minimum absolute atomic E-state index is 0.0923. The summed E-state index contributed by atoms with van der Waals surface area (Å²) in [5.74, 6) is 0. The van der Waals surface area contributed by atoms with Crippen LogP contribution in [0.25, 0.3) is 16.9 Å². The van der Waals surface area contributed by atoms with E-state index in [4.69, 9.17) is 5.10 Å². The SMILES string of the molecule is Cc1nn(C[NH+](C)Cc2cn(-c3ccccc3)nc2-c2ccccc2)c(C)c1[N+](=O)[O-]. The second-order valence-corrected chi connectivity index (χ2v) is 7.72. The van der Waals surface area contributed by atoms with E-state index in [-0.39, 0.29) is 10.6 Å². The van der Waals surface area contributed by atoms with Crippen molar-refractivity contribution in [3.05, 3.63) is 93.9 Å². The molecule has 1 unspecified atom stereocenters. The molecule has 1 atom stereocenters. The normalized spacial score (nSPS) is 12.1. The summed E-state index contributed by atoms with van der Waals surface area (Å²) in [6.45, 7) is 4.64. The van der Waals surface area contributed by atoms with E-state index in [0.717, 1.165) is 27.4 Å². The molecule has 0 aliphatic rings. The molecule has 2 heterocycles. The van der Waals surface area contributed by atoms with Crippen molar-refractivity contribution in [1.82, 2.24) is 19.6 Å². The molecule has 158 valence electrons. The number of hydrogen-bond acceptors (Lipinski definition) is 4. The van der Waals surface area contributed by atoms with Crippen LogP contribution in [0.1, 0.15) is 17.0 Å². The molecular weight excluding hydrogens is 392 g/mol. The Morgan fingerprint density at radius 2 is 1.65 bits per heavy atom. The quantitative estimate of drug-likeness (QED) is 0.370. The van der Waals surface area contributed by atoms with Gasteiger partial charge in [-0.3, -0.25) is 10.1 Å². The molecular formula is C23H25N6O2+. The highest BCUT2D eigenvalue weighted by Crippen LogP contribution is 2.24. The molecule has 8 heteroatoms. The van der Waals surface area contributed by atoms with Crippen molar-refractivity contribution in [1.29, 1.82) is 0 Å². The van der Waals surface area contributed by atoms with E-state index in [1.54, 1.807) is 18.5 Å². The summed E-state index contributed by atoms with van der Waals surface area (Å²) in [4.78, 5) is 12.1. The number of rotatable bonds is 7. The van der Waals surface area contributed by atoms with E-state index < -0.39 is 0 Å². The van der Waals surface area contributed by atoms with E-state index in [1.165, 1.54) is 0 Å². The zero-order chi connectivity index (χ0) is 22.0. The third-order valence-corrected chi connectivity index (χ3v) is 5.30. The maximum atomic E-state index is 11.3. The number of nitrogens with one attached hydrogen (secondary N) is 1. The molecule has 2 aromatic heterocycles. The first kappa shape index (κ1) is 20.5. The Balaban J connectivity index is 1.64. The third-order valence-electron chi connectivity index (χ3n) is 5.30. The van der Waals surface area contributed by atoms with Gasteiger partial charge < -0.3 is 4.90 Å². The first-order valence-electron chi connectivity index (χ1n) is 10.1. The van der Waals surface area contributed by atoms with Crippen LogP contribution in [0.3, 0.4) is 0 Å². The van der Waals surface area contributed by atoms with Gasteiger partial charge in [-0.05, 0) is 26.0 Å². The monoisotopic (exact) mass is 417 g/mol. The van der Waals surface area contributed by atoms with Crippen LogP contribution >= 0.6 is 0 Å². The molecule has 0 amide bonds. The molecule has 0 saturated carbocycles. The average molecular weight is 417 g/mol. The van der Waals surface area contributed by atoms with Crippen LogP contribution in [0.4, 0.5) is 5.69 Å². The Morgan fingerprint density at radius 1 is 1.00 bits per heavy atom. The maximum absolute atomic E-state index is 11.3. The van der Waals surface area contributed by atoms with Gasteiger partial charge in [0.2, 0.25) is 0 Å². The summed E-state index contributed by atoms with van der Waals surface area (Å²) in [6, 6.07) is 20.1. The van der Waals surface area contributed by atoms with E-state index in [9.17, 15) is 10.1 Å².